The summed E-state index contributed by atoms with van der Waals surface area (Å²) in [6.07, 6.45) is 0. The first-order chi connectivity index (χ1) is 11.9. The normalized spacial score (nSPS) is 12.5. The first-order valence-corrected chi connectivity index (χ1v) is 8.36. The number of aryl methyl sites for hydroxylation is 2. The summed E-state index contributed by atoms with van der Waals surface area (Å²) in [5, 5.41) is 3.16. The number of halogens is 1. The molecule has 0 bridgehead atoms. The van der Waals surface area contributed by atoms with Gasteiger partial charge in [0.1, 0.15) is 5.75 Å². The van der Waals surface area contributed by atoms with E-state index in [1.54, 1.807) is 7.11 Å². The third-order valence-electron chi connectivity index (χ3n) is 4.34. The van der Waals surface area contributed by atoms with E-state index in [1.165, 1.54) is 11.1 Å². The number of methoxy groups -OCH3 is 1. The lowest BCUT2D eigenvalue weighted by Crippen LogP contribution is -2.27. The molecule has 3 N–H and O–H groups in total. The number of anilines is 1. The van der Waals surface area contributed by atoms with Crippen LogP contribution < -0.4 is 15.8 Å². The third-order valence-corrected chi connectivity index (χ3v) is 4.34. The zero-order chi connectivity index (χ0) is 18.4. The van der Waals surface area contributed by atoms with Crippen LogP contribution in [0, 0.1) is 13.8 Å². The number of hydrogen-bond donors (Lipinski definition) is 2. The van der Waals surface area contributed by atoms with E-state index >= 15 is 0 Å². The summed E-state index contributed by atoms with van der Waals surface area (Å²) in [5.41, 5.74) is 10.6. The van der Waals surface area contributed by atoms with Crippen molar-refractivity contribution in [1.82, 2.24) is 4.90 Å². The van der Waals surface area contributed by atoms with Gasteiger partial charge in [0.2, 0.25) is 0 Å². The van der Waals surface area contributed by atoms with Crippen LogP contribution in [0.5, 0.6) is 5.75 Å². The predicted molar refractivity (Wildman–Crippen MR) is 121 cm³/mol. The Labute approximate surface area is 173 Å². The Kier molecular flexibility index (Phi) is 8.87. The molecule has 1 atom stereocenters. The molecule has 0 aliphatic carbocycles. The Bertz CT molecular complexity index is 746. The van der Waals surface area contributed by atoms with Gasteiger partial charge in [-0.15, -0.1) is 24.0 Å². The highest BCUT2D eigenvalue weighted by atomic mass is 127. The zero-order valence-corrected chi connectivity index (χ0v) is 18.4. The minimum absolute atomic E-state index is 0. The van der Waals surface area contributed by atoms with Crippen LogP contribution in [0.1, 0.15) is 22.7 Å². The molecule has 0 aliphatic heterocycles. The second-order valence-electron chi connectivity index (χ2n) is 6.37. The van der Waals surface area contributed by atoms with Crippen LogP contribution in [-0.2, 0) is 0 Å². The second kappa shape index (κ2) is 10.4. The topological polar surface area (TPSA) is 62.9 Å². The molecule has 0 radical (unpaired) electrons. The molecule has 2 aromatic carbocycles. The average molecular weight is 468 g/mol. The maximum absolute atomic E-state index is 6.08. The van der Waals surface area contributed by atoms with Gasteiger partial charge in [-0.2, -0.15) is 0 Å². The van der Waals surface area contributed by atoms with Crippen molar-refractivity contribution >= 4 is 35.6 Å². The maximum atomic E-state index is 6.08. The van der Waals surface area contributed by atoms with Crippen LogP contribution >= 0.6 is 24.0 Å². The summed E-state index contributed by atoms with van der Waals surface area (Å²) in [4.78, 5) is 6.65. The van der Waals surface area contributed by atoms with Gasteiger partial charge >= 0.3 is 0 Å². The van der Waals surface area contributed by atoms with Gasteiger partial charge < -0.3 is 20.7 Å². The number of likely N-dealkylation sites (N-methyl/N-ethyl adjacent to an activating group) is 1. The first-order valence-electron chi connectivity index (χ1n) is 8.36. The number of nitrogens with two attached hydrogens (primary N) is 1. The number of guanidine groups is 1. The molecule has 0 spiro atoms. The summed E-state index contributed by atoms with van der Waals surface area (Å²) >= 11 is 0. The van der Waals surface area contributed by atoms with Gasteiger partial charge in [0.25, 0.3) is 0 Å². The minimum Gasteiger partial charge on any atom is -0.496 e. The number of rotatable bonds is 6. The van der Waals surface area contributed by atoms with E-state index in [-0.39, 0.29) is 30.0 Å². The molecular weight excluding hydrogens is 439 g/mol. The SMILES string of the molecule is COc1ccccc1C(CN=C(N)Nc1ccc(C)c(C)c1)N(C)C.I. The van der Waals surface area contributed by atoms with Crippen molar-refractivity contribution in [2.24, 2.45) is 10.7 Å². The molecule has 0 aliphatic rings. The fourth-order valence-electron chi connectivity index (χ4n) is 2.67. The molecule has 142 valence electrons. The van der Waals surface area contributed by atoms with Crippen LogP contribution in [0.4, 0.5) is 5.69 Å². The molecule has 5 nitrogen and oxygen atoms in total. The van der Waals surface area contributed by atoms with Gasteiger partial charge in [-0.25, -0.2) is 0 Å². The van der Waals surface area contributed by atoms with Crippen LogP contribution in [-0.4, -0.2) is 38.6 Å². The van der Waals surface area contributed by atoms with Crippen molar-refractivity contribution in [2.75, 3.05) is 33.1 Å². The van der Waals surface area contributed by atoms with Crippen LogP contribution in [0.3, 0.4) is 0 Å². The van der Waals surface area contributed by atoms with E-state index in [4.69, 9.17) is 10.5 Å². The van der Waals surface area contributed by atoms with Crippen molar-refractivity contribution in [3.05, 3.63) is 59.2 Å². The summed E-state index contributed by atoms with van der Waals surface area (Å²) in [5.74, 6) is 1.27. The van der Waals surface area contributed by atoms with Crippen LogP contribution in [0.2, 0.25) is 0 Å². The van der Waals surface area contributed by atoms with Crippen molar-refractivity contribution in [3.8, 4) is 5.75 Å². The van der Waals surface area contributed by atoms with Crippen molar-refractivity contribution < 1.29 is 4.74 Å². The Morgan fingerprint density at radius 3 is 2.46 bits per heavy atom. The molecule has 0 aromatic heterocycles. The molecular formula is C20H29IN4O. The largest absolute Gasteiger partial charge is 0.496 e. The molecule has 2 rings (SSSR count). The molecule has 0 saturated carbocycles. The van der Waals surface area contributed by atoms with Crippen molar-refractivity contribution in [3.63, 3.8) is 0 Å². The number of para-hydroxylation sites is 1. The van der Waals surface area contributed by atoms with Gasteiger partial charge in [0.05, 0.1) is 19.7 Å². The Morgan fingerprint density at radius 1 is 1.15 bits per heavy atom. The highest BCUT2D eigenvalue weighted by Crippen LogP contribution is 2.28. The third kappa shape index (κ3) is 5.88. The van der Waals surface area contributed by atoms with Crippen molar-refractivity contribution in [2.45, 2.75) is 19.9 Å². The van der Waals surface area contributed by atoms with Gasteiger partial charge in [-0.05, 0) is 57.3 Å². The molecule has 0 fully saturated rings. The Morgan fingerprint density at radius 2 is 1.85 bits per heavy atom. The van der Waals surface area contributed by atoms with Gasteiger partial charge in [-0.1, -0.05) is 24.3 Å². The highest BCUT2D eigenvalue weighted by Gasteiger charge is 2.17. The monoisotopic (exact) mass is 468 g/mol. The van der Waals surface area contributed by atoms with E-state index in [0.29, 0.717) is 12.5 Å². The number of hydrogen-bond acceptors (Lipinski definition) is 3. The summed E-state index contributed by atoms with van der Waals surface area (Å²) in [6.45, 7) is 4.71. The quantitative estimate of drug-likeness (QED) is 0.383. The van der Waals surface area contributed by atoms with Crippen molar-refractivity contribution in [1.29, 1.82) is 0 Å². The number of ether oxygens (including phenoxy) is 1. The average Bonchev–Trinajstić information content (AvgIpc) is 2.58. The number of benzene rings is 2. The number of nitrogens with zero attached hydrogens (tertiary/aromatic N) is 2. The number of nitrogens with one attached hydrogen (secondary N) is 1. The molecule has 6 heteroatoms. The van der Waals surface area contributed by atoms with E-state index < -0.39 is 0 Å². The Balaban J connectivity index is 0.00000338. The van der Waals surface area contributed by atoms with Gasteiger partial charge in [0, 0.05) is 11.3 Å². The summed E-state index contributed by atoms with van der Waals surface area (Å²) < 4.78 is 5.48. The summed E-state index contributed by atoms with van der Waals surface area (Å²) in [7, 11) is 5.74. The lowest BCUT2D eigenvalue weighted by atomic mass is 10.0. The highest BCUT2D eigenvalue weighted by molar-refractivity contribution is 14.0. The lowest BCUT2D eigenvalue weighted by molar-refractivity contribution is 0.295. The molecule has 26 heavy (non-hydrogen) atoms. The number of aliphatic imine (C=N–C) groups is 1. The zero-order valence-electron chi connectivity index (χ0n) is 16.1. The van der Waals surface area contributed by atoms with E-state index in [2.05, 4.69) is 47.3 Å². The fourth-order valence-corrected chi connectivity index (χ4v) is 2.67. The molecule has 0 amide bonds. The van der Waals surface area contributed by atoms with E-state index in [0.717, 1.165) is 17.0 Å². The van der Waals surface area contributed by atoms with Gasteiger partial charge in [0.15, 0.2) is 5.96 Å². The lowest BCUT2D eigenvalue weighted by Gasteiger charge is -2.25. The van der Waals surface area contributed by atoms with Crippen LogP contribution in [0.15, 0.2) is 47.5 Å². The van der Waals surface area contributed by atoms with E-state index in [9.17, 15) is 0 Å². The molecule has 0 heterocycles. The molecule has 0 saturated heterocycles. The fraction of sp³-hybridized carbons (Fsp3) is 0.350. The second-order valence-corrected chi connectivity index (χ2v) is 6.37. The maximum Gasteiger partial charge on any atom is 0.193 e. The molecule has 1 unspecified atom stereocenters. The minimum atomic E-state index is 0. The van der Waals surface area contributed by atoms with Gasteiger partial charge in [-0.3, -0.25) is 4.99 Å². The first kappa shape index (κ1) is 22.2. The Hall–Kier alpha value is -1.80. The summed E-state index contributed by atoms with van der Waals surface area (Å²) in [6, 6.07) is 14.2. The molecule has 2 aromatic rings. The predicted octanol–water partition coefficient (Wildman–Crippen LogP) is 3.96. The standard InChI is InChI=1S/C20H28N4O.HI/c1-14-10-11-16(12-15(14)2)23-20(21)22-13-18(24(3)4)17-8-6-7-9-19(17)25-5;/h6-12,18H,13H2,1-5H3,(H3,21,22,23);1H. The van der Waals surface area contributed by atoms with E-state index in [1.807, 2.05) is 38.4 Å². The smallest absolute Gasteiger partial charge is 0.193 e. The van der Waals surface area contributed by atoms with Crippen LogP contribution in [0.25, 0.3) is 0 Å².